The molecule has 1 aliphatic heterocycles. The Bertz CT molecular complexity index is 368. The summed E-state index contributed by atoms with van der Waals surface area (Å²) in [6.45, 7) is 2.41. The highest BCUT2D eigenvalue weighted by molar-refractivity contribution is 7.92. The van der Waals surface area contributed by atoms with Crippen LogP contribution in [-0.4, -0.2) is 38.2 Å². The number of hydrogen-bond donors (Lipinski definition) is 1. The van der Waals surface area contributed by atoms with Gasteiger partial charge in [0.15, 0.2) is 9.84 Å². The molecule has 19 heavy (non-hydrogen) atoms. The van der Waals surface area contributed by atoms with Crippen molar-refractivity contribution in [3.05, 3.63) is 0 Å². The highest BCUT2D eigenvalue weighted by Crippen LogP contribution is 2.27. The summed E-state index contributed by atoms with van der Waals surface area (Å²) in [6, 6.07) is -0.349. The summed E-state index contributed by atoms with van der Waals surface area (Å²) in [6.07, 6.45) is -2.70. The summed E-state index contributed by atoms with van der Waals surface area (Å²) in [5, 5.41) is 2.53. The number of sulfone groups is 1. The lowest BCUT2D eigenvalue weighted by Crippen LogP contribution is -2.46. The average Bonchev–Trinajstić information content (AvgIpc) is 2.26. The van der Waals surface area contributed by atoms with Gasteiger partial charge in [-0.05, 0) is 32.2 Å². The Kier molecular flexibility index (Phi) is 6.11. The van der Waals surface area contributed by atoms with Gasteiger partial charge in [0.2, 0.25) is 0 Å². The van der Waals surface area contributed by atoms with Crippen molar-refractivity contribution < 1.29 is 21.6 Å². The second kappa shape index (κ2) is 6.92. The molecule has 1 N–H and O–H groups in total. The van der Waals surface area contributed by atoms with E-state index in [-0.39, 0.29) is 24.6 Å². The third kappa shape index (κ3) is 5.69. The summed E-state index contributed by atoms with van der Waals surface area (Å²) in [5.41, 5.74) is 0. The van der Waals surface area contributed by atoms with Crippen LogP contribution in [0.25, 0.3) is 0 Å². The van der Waals surface area contributed by atoms with E-state index in [1.54, 1.807) is 0 Å². The smallest absolute Gasteiger partial charge is 0.313 e. The zero-order valence-corrected chi connectivity index (χ0v) is 12.0. The van der Waals surface area contributed by atoms with Crippen molar-refractivity contribution in [3.8, 4) is 0 Å². The SMILES string of the molecule is CCNC(CCCC(F)(F)F)C1CCCCS1(=O)=O. The molecule has 1 rings (SSSR count). The van der Waals surface area contributed by atoms with Gasteiger partial charge < -0.3 is 5.32 Å². The first kappa shape index (κ1) is 16.8. The molecular formula is C12H22F3NO2S. The van der Waals surface area contributed by atoms with Crippen LogP contribution in [0.5, 0.6) is 0 Å². The third-order valence-electron chi connectivity index (χ3n) is 3.52. The molecule has 3 nitrogen and oxygen atoms in total. The minimum atomic E-state index is -4.16. The first-order chi connectivity index (χ1) is 8.76. The molecule has 0 aromatic heterocycles. The quantitative estimate of drug-likeness (QED) is 0.820. The predicted molar refractivity (Wildman–Crippen MR) is 68.8 cm³/mol. The van der Waals surface area contributed by atoms with Gasteiger partial charge in [0, 0.05) is 12.5 Å². The Hall–Kier alpha value is -0.300. The van der Waals surface area contributed by atoms with E-state index in [9.17, 15) is 21.6 Å². The van der Waals surface area contributed by atoms with E-state index in [1.165, 1.54) is 0 Å². The van der Waals surface area contributed by atoms with Crippen LogP contribution in [0.4, 0.5) is 13.2 Å². The summed E-state index contributed by atoms with van der Waals surface area (Å²) in [5.74, 6) is 0.166. The first-order valence-electron chi connectivity index (χ1n) is 6.78. The van der Waals surface area contributed by atoms with Gasteiger partial charge in [0.1, 0.15) is 0 Å². The predicted octanol–water partition coefficient (Wildman–Crippen LogP) is 2.66. The van der Waals surface area contributed by atoms with E-state index in [4.69, 9.17) is 0 Å². The van der Waals surface area contributed by atoms with Gasteiger partial charge in [-0.15, -0.1) is 0 Å². The van der Waals surface area contributed by atoms with E-state index < -0.39 is 27.7 Å². The van der Waals surface area contributed by atoms with Gasteiger partial charge in [-0.2, -0.15) is 13.2 Å². The molecule has 1 aliphatic rings. The van der Waals surface area contributed by atoms with Gasteiger partial charge in [0.05, 0.1) is 11.0 Å². The lowest BCUT2D eigenvalue weighted by Gasteiger charge is -2.30. The van der Waals surface area contributed by atoms with Crippen LogP contribution in [0.3, 0.4) is 0 Å². The fourth-order valence-electron chi connectivity index (χ4n) is 2.64. The molecule has 0 aliphatic carbocycles. The zero-order chi connectivity index (χ0) is 14.5. The molecule has 0 saturated carbocycles. The fourth-order valence-corrected chi connectivity index (χ4v) is 4.80. The molecular weight excluding hydrogens is 279 g/mol. The van der Waals surface area contributed by atoms with Gasteiger partial charge in [-0.1, -0.05) is 13.3 Å². The maximum absolute atomic E-state index is 12.1. The molecule has 7 heteroatoms. The topological polar surface area (TPSA) is 46.2 Å². The molecule has 0 amide bonds. The van der Waals surface area contributed by atoms with Crippen LogP contribution >= 0.6 is 0 Å². The van der Waals surface area contributed by atoms with Crippen molar-refractivity contribution in [2.24, 2.45) is 0 Å². The number of rotatable bonds is 6. The molecule has 2 unspecified atom stereocenters. The maximum atomic E-state index is 12.1. The molecule has 0 aromatic rings. The number of alkyl halides is 3. The highest BCUT2D eigenvalue weighted by Gasteiger charge is 2.35. The van der Waals surface area contributed by atoms with E-state index in [0.717, 1.165) is 6.42 Å². The van der Waals surface area contributed by atoms with Crippen molar-refractivity contribution in [2.75, 3.05) is 12.3 Å². The monoisotopic (exact) mass is 301 g/mol. The molecule has 1 heterocycles. The van der Waals surface area contributed by atoms with E-state index in [0.29, 0.717) is 19.4 Å². The Morgan fingerprint density at radius 1 is 1.32 bits per heavy atom. The molecule has 1 saturated heterocycles. The number of nitrogens with one attached hydrogen (secondary N) is 1. The number of halogens is 3. The normalized spacial score (nSPS) is 25.2. The van der Waals surface area contributed by atoms with Crippen molar-refractivity contribution in [3.63, 3.8) is 0 Å². The molecule has 114 valence electrons. The first-order valence-corrected chi connectivity index (χ1v) is 8.49. The second-order valence-corrected chi connectivity index (χ2v) is 7.41. The molecule has 0 radical (unpaired) electrons. The summed E-state index contributed by atoms with van der Waals surface area (Å²) in [4.78, 5) is 0. The minimum absolute atomic E-state index is 0.0206. The van der Waals surface area contributed by atoms with Gasteiger partial charge in [-0.3, -0.25) is 0 Å². The third-order valence-corrected chi connectivity index (χ3v) is 5.86. The Morgan fingerprint density at radius 3 is 2.53 bits per heavy atom. The number of hydrogen-bond acceptors (Lipinski definition) is 3. The van der Waals surface area contributed by atoms with Gasteiger partial charge >= 0.3 is 6.18 Å². The lowest BCUT2D eigenvalue weighted by atomic mass is 10.0. The molecule has 2 atom stereocenters. The van der Waals surface area contributed by atoms with Crippen LogP contribution in [-0.2, 0) is 9.84 Å². The average molecular weight is 301 g/mol. The van der Waals surface area contributed by atoms with Crippen LogP contribution in [0.15, 0.2) is 0 Å². The fraction of sp³-hybridized carbons (Fsp3) is 1.00. The molecule has 1 fully saturated rings. The van der Waals surface area contributed by atoms with Crippen LogP contribution in [0.1, 0.15) is 45.4 Å². The Labute approximate surface area is 112 Å². The largest absolute Gasteiger partial charge is 0.389 e. The molecule has 0 bridgehead atoms. The summed E-state index contributed by atoms with van der Waals surface area (Å²) >= 11 is 0. The molecule has 0 aromatic carbocycles. The minimum Gasteiger partial charge on any atom is -0.313 e. The van der Waals surface area contributed by atoms with Crippen molar-refractivity contribution >= 4 is 9.84 Å². The van der Waals surface area contributed by atoms with E-state index in [2.05, 4.69) is 5.32 Å². The van der Waals surface area contributed by atoms with Crippen molar-refractivity contribution in [2.45, 2.75) is 62.9 Å². The highest BCUT2D eigenvalue weighted by atomic mass is 32.2. The molecule has 0 spiro atoms. The Morgan fingerprint density at radius 2 is 2.00 bits per heavy atom. The zero-order valence-electron chi connectivity index (χ0n) is 11.2. The standard InChI is InChI=1S/C12H22F3NO2S/c1-2-16-10(6-5-8-12(13,14)15)11-7-3-4-9-19(11,17)18/h10-11,16H,2-9H2,1H3. The Balaban J connectivity index is 2.60. The van der Waals surface area contributed by atoms with E-state index >= 15 is 0 Å². The van der Waals surface area contributed by atoms with Crippen molar-refractivity contribution in [1.82, 2.24) is 5.32 Å². The second-order valence-electron chi connectivity index (χ2n) is 5.07. The van der Waals surface area contributed by atoms with Gasteiger partial charge in [0.25, 0.3) is 0 Å². The van der Waals surface area contributed by atoms with Crippen molar-refractivity contribution in [1.29, 1.82) is 0 Å². The maximum Gasteiger partial charge on any atom is 0.389 e. The lowest BCUT2D eigenvalue weighted by molar-refractivity contribution is -0.135. The van der Waals surface area contributed by atoms with E-state index in [1.807, 2.05) is 6.92 Å². The van der Waals surface area contributed by atoms with Crippen LogP contribution < -0.4 is 5.32 Å². The summed E-state index contributed by atoms with van der Waals surface area (Å²) in [7, 11) is -3.15. The van der Waals surface area contributed by atoms with Gasteiger partial charge in [-0.25, -0.2) is 8.42 Å². The summed E-state index contributed by atoms with van der Waals surface area (Å²) < 4.78 is 60.4. The van der Waals surface area contributed by atoms with Crippen LogP contribution in [0.2, 0.25) is 0 Å². The van der Waals surface area contributed by atoms with Crippen LogP contribution in [0, 0.1) is 0 Å².